The molecule has 1 atom stereocenters. The minimum atomic E-state index is 0.272. The summed E-state index contributed by atoms with van der Waals surface area (Å²) in [4.78, 5) is 4.30. The summed E-state index contributed by atoms with van der Waals surface area (Å²) in [6, 6.07) is 10.4. The van der Waals surface area contributed by atoms with Crippen LogP contribution >= 0.6 is 11.8 Å². The quantitative estimate of drug-likeness (QED) is 0.881. The molecule has 1 unspecified atom stereocenters. The summed E-state index contributed by atoms with van der Waals surface area (Å²) in [6.07, 6.45) is 1.82. The molecule has 0 spiro atoms. The van der Waals surface area contributed by atoms with E-state index in [-0.39, 0.29) is 6.61 Å². The van der Waals surface area contributed by atoms with Gasteiger partial charge in [0.2, 0.25) is 0 Å². The van der Waals surface area contributed by atoms with Crippen LogP contribution in [0.5, 0.6) is 0 Å². The van der Waals surface area contributed by atoms with E-state index in [9.17, 15) is 0 Å². The zero-order valence-electron chi connectivity index (χ0n) is 9.97. The molecule has 1 aromatic carbocycles. The van der Waals surface area contributed by atoms with Gasteiger partial charge in [-0.15, -0.1) is 0 Å². The zero-order valence-corrected chi connectivity index (χ0v) is 10.8. The van der Waals surface area contributed by atoms with Crippen molar-refractivity contribution >= 4 is 22.7 Å². The van der Waals surface area contributed by atoms with Crippen LogP contribution in [-0.2, 0) is 5.75 Å². The Labute approximate surface area is 106 Å². The van der Waals surface area contributed by atoms with Crippen molar-refractivity contribution in [2.24, 2.45) is 5.92 Å². The summed E-state index contributed by atoms with van der Waals surface area (Å²) >= 11 is 1.87. The van der Waals surface area contributed by atoms with E-state index in [1.54, 1.807) is 0 Å². The summed E-state index contributed by atoms with van der Waals surface area (Å²) in [6.45, 7) is 2.34. The van der Waals surface area contributed by atoms with Crippen LogP contribution in [0, 0.1) is 5.92 Å². The molecule has 1 heterocycles. The number of aliphatic hydroxyl groups is 1. The lowest BCUT2D eigenvalue weighted by atomic mass is 10.1. The van der Waals surface area contributed by atoms with Gasteiger partial charge < -0.3 is 5.11 Å². The van der Waals surface area contributed by atoms with Gasteiger partial charge in [0.25, 0.3) is 0 Å². The first-order valence-electron chi connectivity index (χ1n) is 5.82. The van der Waals surface area contributed by atoms with Crippen molar-refractivity contribution in [2.45, 2.75) is 12.7 Å². The maximum atomic E-state index is 8.95. The highest BCUT2D eigenvalue weighted by Gasteiger charge is 2.01. The molecule has 0 bridgehead atoms. The molecular weight excluding hydrogens is 230 g/mol. The highest BCUT2D eigenvalue weighted by Crippen LogP contribution is 2.19. The van der Waals surface area contributed by atoms with E-state index < -0.39 is 0 Å². The number of nitrogens with zero attached hydrogens (tertiary/aromatic N) is 1. The van der Waals surface area contributed by atoms with E-state index in [0.717, 1.165) is 17.0 Å². The Hall–Kier alpha value is -1.06. The number of thioether (sulfide) groups is 1. The third-order valence-electron chi connectivity index (χ3n) is 2.65. The second-order valence-corrected chi connectivity index (χ2v) is 5.36. The first-order chi connectivity index (χ1) is 8.29. The molecule has 0 fully saturated rings. The highest BCUT2D eigenvalue weighted by molar-refractivity contribution is 7.98. The van der Waals surface area contributed by atoms with E-state index in [1.165, 1.54) is 10.9 Å². The largest absolute Gasteiger partial charge is 0.396 e. The van der Waals surface area contributed by atoms with Crippen LogP contribution in [-0.4, -0.2) is 22.5 Å². The van der Waals surface area contributed by atoms with Crippen LogP contribution in [0.15, 0.2) is 36.5 Å². The van der Waals surface area contributed by atoms with Gasteiger partial charge in [-0.05, 0) is 35.4 Å². The predicted molar refractivity (Wildman–Crippen MR) is 74.2 cm³/mol. The van der Waals surface area contributed by atoms with Crippen LogP contribution in [0.1, 0.15) is 12.5 Å². The number of benzene rings is 1. The normalized spacial score (nSPS) is 12.8. The third kappa shape index (κ3) is 3.45. The number of hydrogen-bond donors (Lipinski definition) is 1. The summed E-state index contributed by atoms with van der Waals surface area (Å²) in [5.41, 5.74) is 2.37. The van der Waals surface area contributed by atoms with Gasteiger partial charge in [0.1, 0.15) is 0 Å². The van der Waals surface area contributed by atoms with Gasteiger partial charge in [-0.2, -0.15) is 11.8 Å². The SMILES string of the molecule is CC(CO)CSCc1ccc2ncccc2c1. The van der Waals surface area contributed by atoms with Crippen LogP contribution in [0.4, 0.5) is 0 Å². The number of pyridine rings is 1. The van der Waals surface area contributed by atoms with Crippen molar-refractivity contribution in [1.29, 1.82) is 0 Å². The van der Waals surface area contributed by atoms with Crippen molar-refractivity contribution in [3.63, 3.8) is 0 Å². The Balaban J connectivity index is 1.99. The smallest absolute Gasteiger partial charge is 0.0702 e. The van der Waals surface area contributed by atoms with Gasteiger partial charge in [0.15, 0.2) is 0 Å². The van der Waals surface area contributed by atoms with Crippen molar-refractivity contribution < 1.29 is 5.11 Å². The fraction of sp³-hybridized carbons (Fsp3) is 0.357. The van der Waals surface area contributed by atoms with Gasteiger partial charge in [-0.1, -0.05) is 19.1 Å². The lowest BCUT2D eigenvalue weighted by molar-refractivity contribution is 0.250. The average molecular weight is 247 g/mol. The predicted octanol–water partition coefficient (Wildman–Crippen LogP) is 3.10. The number of hydrogen-bond acceptors (Lipinski definition) is 3. The van der Waals surface area contributed by atoms with E-state index in [0.29, 0.717) is 5.92 Å². The summed E-state index contributed by atoms with van der Waals surface area (Å²) in [5.74, 6) is 2.37. The minimum absolute atomic E-state index is 0.272. The summed E-state index contributed by atoms with van der Waals surface area (Å²) < 4.78 is 0. The van der Waals surface area contributed by atoms with Crippen molar-refractivity contribution in [3.05, 3.63) is 42.1 Å². The topological polar surface area (TPSA) is 33.1 Å². The fourth-order valence-electron chi connectivity index (χ4n) is 1.65. The van der Waals surface area contributed by atoms with Crippen LogP contribution in [0.3, 0.4) is 0 Å². The van der Waals surface area contributed by atoms with Crippen LogP contribution in [0.2, 0.25) is 0 Å². The van der Waals surface area contributed by atoms with E-state index >= 15 is 0 Å². The molecule has 0 aliphatic heterocycles. The van der Waals surface area contributed by atoms with E-state index in [1.807, 2.05) is 24.0 Å². The lowest BCUT2D eigenvalue weighted by Gasteiger charge is -2.07. The molecule has 0 radical (unpaired) electrons. The Morgan fingerprint density at radius 1 is 1.35 bits per heavy atom. The van der Waals surface area contributed by atoms with Gasteiger partial charge in [0.05, 0.1) is 5.52 Å². The maximum absolute atomic E-state index is 8.95. The highest BCUT2D eigenvalue weighted by atomic mass is 32.2. The molecule has 1 N–H and O–H groups in total. The molecule has 0 saturated carbocycles. The van der Waals surface area contributed by atoms with E-state index in [4.69, 9.17) is 5.11 Å². The standard InChI is InChI=1S/C14H17NOS/c1-11(8-16)9-17-10-12-4-5-14-13(7-12)3-2-6-15-14/h2-7,11,16H,8-10H2,1H3. The third-order valence-corrected chi connectivity index (χ3v) is 3.99. The average Bonchev–Trinajstić information content (AvgIpc) is 2.38. The fourth-order valence-corrected chi connectivity index (χ4v) is 2.69. The number of aliphatic hydroxyl groups excluding tert-OH is 1. The first kappa shape index (κ1) is 12.4. The molecule has 90 valence electrons. The molecular formula is C14H17NOS. The Morgan fingerprint density at radius 2 is 2.24 bits per heavy atom. The van der Waals surface area contributed by atoms with Crippen molar-refractivity contribution in [3.8, 4) is 0 Å². The number of rotatable bonds is 5. The van der Waals surface area contributed by atoms with E-state index in [2.05, 4.69) is 36.2 Å². The molecule has 0 aliphatic carbocycles. The maximum Gasteiger partial charge on any atom is 0.0702 e. The molecule has 17 heavy (non-hydrogen) atoms. The number of fused-ring (bicyclic) bond motifs is 1. The Morgan fingerprint density at radius 3 is 3.06 bits per heavy atom. The van der Waals surface area contributed by atoms with Crippen molar-refractivity contribution in [1.82, 2.24) is 4.98 Å². The monoisotopic (exact) mass is 247 g/mol. The molecule has 1 aromatic heterocycles. The Bertz CT molecular complexity index is 486. The zero-order chi connectivity index (χ0) is 12.1. The second kappa shape index (κ2) is 6.03. The van der Waals surface area contributed by atoms with Crippen LogP contribution in [0.25, 0.3) is 10.9 Å². The van der Waals surface area contributed by atoms with Gasteiger partial charge in [0, 0.05) is 23.9 Å². The number of aromatic nitrogens is 1. The molecule has 2 aromatic rings. The van der Waals surface area contributed by atoms with Gasteiger partial charge in [-0.25, -0.2) is 0 Å². The molecule has 0 amide bonds. The summed E-state index contributed by atoms with van der Waals surface area (Å²) in [5, 5.41) is 10.1. The molecule has 0 saturated heterocycles. The molecule has 0 aliphatic rings. The minimum Gasteiger partial charge on any atom is -0.396 e. The Kier molecular flexibility index (Phi) is 4.40. The lowest BCUT2D eigenvalue weighted by Crippen LogP contribution is -2.03. The molecule has 3 heteroatoms. The first-order valence-corrected chi connectivity index (χ1v) is 6.97. The van der Waals surface area contributed by atoms with Gasteiger partial charge in [-0.3, -0.25) is 4.98 Å². The van der Waals surface area contributed by atoms with Crippen molar-refractivity contribution in [2.75, 3.05) is 12.4 Å². The molecule has 2 rings (SSSR count). The second-order valence-electron chi connectivity index (χ2n) is 4.33. The molecule has 2 nitrogen and oxygen atoms in total. The van der Waals surface area contributed by atoms with Crippen LogP contribution < -0.4 is 0 Å². The summed E-state index contributed by atoms with van der Waals surface area (Å²) in [7, 11) is 0. The van der Waals surface area contributed by atoms with Gasteiger partial charge >= 0.3 is 0 Å².